The molecule has 0 spiro atoms. The Labute approximate surface area is 115 Å². The number of hydrogen-bond donors (Lipinski definition) is 2. The van der Waals surface area contributed by atoms with E-state index >= 15 is 0 Å². The molecular weight excluding hydrogens is 270 g/mol. The smallest absolute Gasteiger partial charge is 0.329 e. The molecule has 2 amide bonds. The van der Waals surface area contributed by atoms with Crippen LogP contribution in [0.3, 0.4) is 0 Å². The maximum Gasteiger partial charge on any atom is 0.329 e. The normalized spacial score (nSPS) is 10.4. The number of amides is 2. The summed E-state index contributed by atoms with van der Waals surface area (Å²) < 4.78 is 4.73. The molecule has 0 bridgehead atoms. The Morgan fingerprint density at radius 3 is 2.89 bits per heavy atom. The van der Waals surface area contributed by atoms with Crippen molar-refractivity contribution in [2.75, 3.05) is 20.3 Å². The number of benzene rings is 1. The highest BCUT2D eigenvalue weighted by Gasteiger charge is 2.10. The number of rotatable bonds is 5. The van der Waals surface area contributed by atoms with E-state index in [4.69, 9.17) is 16.3 Å². The van der Waals surface area contributed by atoms with Crippen LogP contribution in [-0.2, 0) is 14.3 Å². The van der Waals surface area contributed by atoms with Gasteiger partial charge in [0.25, 0.3) is 0 Å². The maximum absolute atomic E-state index is 11.3. The molecule has 19 heavy (non-hydrogen) atoms. The van der Waals surface area contributed by atoms with Gasteiger partial charge in [-0.2, -0.15) is 5.10 Å². The van der Waals surface area contributed by atoms with Gasteiger partial charge < -0.3 is 10.1 Å². The minimum Gasteiger partial charge on any atom is -0.383 e. The molecule has 0 aliphatic heterocycles. The summed E-state index contributed by atoms with van der Waals surface area (Å²) in [6.07, 6.45) is 1.40. The third-order valence-corrected chi connectivity index (χ3v) is 2.26. The van der Waals surface area contributed by atoms with Crippen molar-refractivity contribution >= 4 is 29.6 Å². The van der Waals surface area contributed by atoms with E-state index < -0.39 is 11.8 Å². The first-order valence-corrected chi connectivity index (χ1v) is 5.87. The fourth-order valence-corrected chi connectivity index (χ4v) is 1.35. The predicted molar refractivity (Wildman–Crippen MR) is 72.1 cm³/mol. The van der Waals surface area contributed by atoms with E-state index in [1.165, 1.54) is 13.3 Å². The first kappa shape index (κ1) is 15.1. The van der Waals surface area contributed by atoms with Crippen LogP contribution in [0.4, 0.5) is 0 Å². The second-order valence-corrected chi connectivity index (χ2v) is 3.94. The first-order chi connectivity index (χ1) is 9.13. The van der Waals surface area contributed by atoms with Gasteiger partial charge in [-0.25, -0.2) is 5.43 Å². The van der Waals surface area contributed by atoms with E-state index in [0.29, 0.717) is 17.2 Å². The fraction of sp³-hybridized carbons (Fsp3) is 0.250. The van der Waals surface area contributed by atoms with Crippen LogP contribution in [-0.4, -0.2) is 38.3 Å². The Balaban J connectivity index is 2.39. The van der Waals surface area contributed by atoms with Gasteiger partial charge in [0.05, 0.1) is 12.8 Å². The lowest BCUT2D eigenvalue weighted by molar-refractivity contribution is -0.139. The van der Waals surface area contributed by atoms with Gasteiger partial charge in [-0.15, -0.1) is 0 Å². The minimum atomic E-state index is -0.839. The zero-order valence-corrected chi connectivity index (χ0v) is 11.1. The van der Waals surface area contributed by atoms with Crippen molar-refractivity contribution in [2.24, 2.45) is 5.10 Å². The van der Waals surface area contributed by atoms with E-state index in [2.05, 4.69) is 15.8 Å². The van der Waals surface area contributed by atoms with Crippen molar-refractivity contribution in [2.45, 2.75) is 0 Å². The second kappa shape index (κ2) is 8.23. The summed E-state index contributed by atoms with van der Waals surface area (Å²) in [5.41, 5.74) is 2.83. The number of nitrogens with zero attached hydrogens (tertiary/aromatic N) is 1. The van der Waals surface area contributed by atoms with Crippen LogP contribution in [0, 0.1) is 0 Å². The van der Waals surface area contributed by atoms with Crippen molar-refractivity contribution in [3.05, 3.63) is 34.9 Å². The molecule has 0 aliphatic rings. The summed E-state index contributed by atoms with van der Waals surface area (Å²) in [6, 6.07) is 6.92. The van der Waals surface area contributed by atoms with Crippen molar-refractivity contribution in [3.8, 4) is 0 Å². The van der Waals surface area contributed by atoms with Crippen LogP contribution < -0.4 is 10.7 Å². The molecule has 0 heterocycles. The summed E-state index contributed by atoms with van der Waals surface area (Å²) >= 11 is 5.78. The first-order valence-electron chi connectivity index (χ1n) is 5.49. The van der Waals surface area contributed by atoms with Crippen LogP contribution in [0.2, 0.25) is 5.02 Å². The lowest BCUT2D eigenvalue weighted by Crippen LogP contribution is -2.39. The van der Waals surface area contributed by atoms with Gasteiger partial charge in [-0.3, -0.25) is 9.59 Å². The second-order valence-electron chi connectivity index (χ2n) is 3.50. The van der Waals surface area contributed by atoms with Crippen molar-refractivity contribution in [3.63, 3.8) is 0 Å². The molecule has 1 aromatic rings. The maximum atomic E-state index is 11.3. The molecule has 0 saturated heterocycles. The van der Waals surface area contributed by atoms with Gasteiger partial charge in [-0.1, -0.05) is 23.7 Å². The average Bonchev–Trinajstić information content (AvgIpc) is 2.39. The van der Waals surface area contributed by atoms with Crippen molar-refractivity contribution in [1.29, 1.82) is 0 Å². The quantitative estimate of drug-likeness (QED) is 0.358. The number of ether oxygens (including phenoxy) is 1. The number of nitrogens with one attached hydrogen (secondary N) is 2. The highest BCUT2D eigenvalue weighted by Crippen LogP contribution is 2.08. The largest absolute Gasteiger partial charge is 0.383 e. The topological polar surface area (TPSA) is 79.8 Å². The van der Waals surface area contributed by atoms with Crippen molar-refractivity contribution < 1.29 is 14.3 Å². The van der Waals surface area contributed by atoms with E-state index in [0.717, 1.165) is 0 Å². The molecule has 0 saturated carbocycles. The predicted octanol–water partition coefficient (Wildman–Crippen LogP) is 0.553. The number of hydrazone groups is 1. The van der Waals surface area contributed by atoms with E-state index in [9.17, 15) is 9.59 Å². The average molecular weight is 284 g/mol. The molecule has 7 heteroatoms. The summed E-state index contributed by atoms with van der Waals surface area (Å²) in [4.78, 5) is 22.5. The highest BCUT2D eigenvalue weighted by atomic mass is 35.5. The van der Waals surface area contributed by atoms with Crippen LogP contribution in [0.1, 0.15) is 5.56 Å². The number of hydrogen-bond acceptors (Lipinski definition) is 4. The number of carbonyl (C=O) groups excluding carboxylic acids is 2. The Hall–Kier alpha value is -1.92. The molecule has 6 nitrogen and oxygen atoms in total. The molecule has 1 rings (SSSR count). The highest BCUT2D eigenvalue weighted by molar-refractivity contribution is 6.35. The number of carbonyl (C=O) groups is 2. The zero-order valence-electron chi connectivity index (χ0n) is 10.4. The fourth-order valence-electron chi connectivity index (χ4n) is 1.15. The molecule has 1 aromatic carbocycles. The molecule has 0 aromatic heterocycles. The number of methoxy groups -OCH3 is 1. The van der Waals surface area contributed by atoms with Gasteiger partial charge in [-0.05, 0) is 17.7 Å². The van der Waals surface area contributed by atoms with Gasteiger partial charge >= 0.3 is 11.8 Å². The molecule has 2 N–H and O–H groups in total. The molecule has 102 valence electrons. The van der Waals surface area contributed by atoms with Crippen LogP contribution in [0.5, 0.6) is 0 Å². The lowest BCUT2D eigenvalue weighted by atomic mass is 10.2. The third kappa shape index (κ3) is 5.98. The van der Waals surface area contributed by atoms with E-state index in [-0.39, 0.29) is 6.54 Å². The lowest BCUT2D eigenvalue weighted by Gasteiger charge is -2.02. The zero-order chi connectivity index (χ0) is 14.1. The van der Waals surface area contributed by atoms with Crippen LogP contribution >= 0.6 is 11.6 Å². The monoisotopic (exact) mass is 283 g/mol. The Bertz CT molecular complexity index is 477. The molecule has 0 radical (unpaired) electrons. The molecule has 0 fully saturated rings. The van der Waals surface area contributed by atoms with Crippen LogP contribution in [0.15, 0.2) is 29.4 Å². The van der Waals surface area contributed by atoms with E-state index in [1.54, 1.807) is 24.3 Å². The SMILES string of the molecule is COCCNC(=O)C(=O)N/N=C\c1cccc(Cl)c1. The number of halogens is 1. The van der Waals surface area contributed by atoms with Crippen LogP contribution in [0.25, 0.3) is 0 Å². The summed E-state index contributed by atoms with van der Waals surface area (Å²) in [5.74, 6) is -1.60. The summed E-state index contributed by atoms with van der Waals surface area (Å²) in [5, 5.41) is 6.59. The van der Waals surface area contributed by atoms with E-state index in [1.807, 2.05) is 0 Å². The standard InChI is InChI=1S/C12H14ClN3O3/c1-19-6-5-14-11(17)12(18)16-15-8-9-3-2-4-10(13)7-9/h2-4,7-8H,5-6H2,1H3,(H,14,17)(H,16,18)/b15-8-. The molecular formula is C12H14ClN3O3. The molecule has 0 unspecified atom stereocenters. The summed E-state index contributed by atoms with van der Waals surface area (Å²) in [7, 11) is 1.50. The Morgan fingerprint density at radius 2 is 2.21 bits per heavy atom. The van der Waals surface area contributed by atoms with Gasteiger partial charge in [0, 0.05) is 18.7 Å². The Morgan fingerprint density at radius 1 is 1.42 bits per heavy atom. The van der Waals surface area contributed by atoms with Gasteiger partial charge in [0.1, 0.15) is 0 Å². The minimum absolute atomic E-state index is 0.265. The van der Waals surface area contributed by atoms with Gasteiger partial charge in [0.2, 0.25) is 0 Å². The summed E-state index contributed by atoms with van der Waals surface area (Å²) in [6.45, 7) is 0.603. The molecule has 0 aliphatic carbocycles. The third-order valence-electron chi connectivity index (χ3n) is 2.03. The van der Waals surface area contributed by atoms with Gasteiger partial charge in [0.15, 0.2) is 0 Å². The van der Waals surface area contributed by atoms with Crippen molar-refractivity contribution in [1.82, 2.24) is 10.7 Å². The Kier molecular flexibility index (Phi) is 6.56. The molecule has 0 atom stereocenters.